The predicted octanol–water partition coefficient (Wildman–Crippen LogP) is 0.839. The van der Waals surface area contributed by atoms with Crippen LogP contribution in [0.4, 0.5) is 11.6 Å². The number of Topliss-reactive ketones (excluding diaryl/α,β-unsaturated/α-hetero) is 1. The van der Waals surface area contributed by atoms with Crippen LogP contribution in [0.5, 0.6) is 0 Å². The molecule has 10 heteroatoms. The number of rotatable bonds is 6. The molecular formula is C20H27ClN6O3. The number of nitrogens with two attached hydrogens (primary N) is 1. The number of aromatic nitrogens is 3. The molecule has 1 aliphatic heterocycles. The average molecular weight is 435 g/mol. The Morgan fingerprint density at radius 1 is 1.20 bits per heavy atom. The monoisotopic (exact) mass is 434 g/mol. The third kappa shape index (κ3) is 4.57. The normalized spacial score (nSPS) is 15.0. The minimum Gasteiger partial charge on any atom is -0.384 e. The maximum Gasteiger partial charge on any atom is 0.332 e. The summed E-state index contributed by atoms with van der Waals surface area (Å²) in [7, 11) is 1.37. The van der Waals surface area contributed by atoms with Crippen molar-refractivity contribution in [2.24, 2.45) is 13.0 Å². The Hall–Kier alpha value is -2.65. The van der Waals surface area contributed by atoms with Gasteiger partial charge in [0.05, 0.1) is 11.6 Å². The highest BCUT2D eigenvalue weighted by molar-refractivity contribution is 6.30. The van der Waals surface area contributed by atoms with Crippen molar-refractivity contribution in [3.63, 3.8) is 0 Å². The zero-order valence-corrected chi connectivity index (χ0v) is 18.2. The zero-order valence-electron chi connectivity index (χ0n) is 17.5. The first kappa shape index (κ1) is 22.0. The van der Waals surface area contributed by atoms with Crippen molar-refractivity contribution in [1.82, 2.24) is 19.0 Å². The third-order valence-electron chi connectivity index (χ3n) is 5.19. The van der Waals surface area contributed by atoms with Crippen LogP contribution in [0, 0.1) is 5.92 Å². The van der Waals surface area contributed by atoms with E-state index in [0.29, 0.717) is 37.7 Å². The van der Waals surface area contributed by atoms with Crippen molar-refractivity contribution in [3.8, 4) is 0 Å². The van der Waals surface area contributed by atoms with Gasteiger partial charge in [-0.1, -0.05) is 25.4 Å². The SMILES string of the molecule is CC(C)Cn1c(N)c(C(=O)CN2CCN(c3ccc(Cl)cn3)CC2)c(=O)n(C)c1=O. The molecule has 3 rings (SSSR count). The number of hydrogen-bond donors (Lipinski definition) is 1. The van der Waals surface area contributed by atoms with Gasteiger partial charge in [0.15, 0.2) is 5.78 Å². The smallest absolute Gasteiger partial charge is 0.332 e. The summed E-state index contributed by atoms with van der Waals surface area (Å²) in [6.07, 6.45) is 1.61. The summed E-state index contributed by atoms with van der Waals surface area (Å²) >= 11 is 5.89. The van der Waals surface area contributed by atoms with Gasteiger partial charge < -0.3 is 10.6 Å². The number of hydrogen-bond acceptors (Lipinski definition) is 7. The van der Waals surface area contributed by atoms with Crippen LogP contribution >= 0.6 is 11.6 Å². The number of ketones is 1. The summed E-state index contributed by atoms with van der Waals surface area (Å²) < 4.78 is 2.26. The first-order chi connectivity index (χ1) is 14.2. The number of carbonyl (C=O) groups excluding carboxylic acids is 1. The molecule has 0 bridgehead atoms. The van der Waals surface area contributed by atoms with Gasteiger partial charge in [-0.15, -0.1) is 0 Å². The van der Waals surface area contributed by atoms with Gasteiger partial charge in [0.25, 0.3) is 5.56 Å². The molecule has 3 heterocycles. The molecule has 0 amide bonds. The van der Waals surface area contributed by atoms with Crippen LogP contribution < -0.4 is 21.9 Å². The molecule has 1 aliphatic rings. The second-order valence-electron chi connectivity index (χ2n) is 7.93. The van der Waals surface area contributed by atoms with Crippen LogP contribution in [0.1, 0.15) is 24.2 Å². The molecule has 0 aliphatic carbocycles. The fourth-order valence-corrected chi connectivity index (χ4v) is 3.67. The van der Waals surface area contributed by atoms with E-state index in [-0.39, 0.29) is 29.6 Å². The maximum atomic E-state index is 13.0. The minimum atomic E-state index is -0.647. The second-order valence-corrected chi connectivity index (χ2v) is 8.37. The minimum absolute atomic E-state index is 0.0502. The van der Waals surface area contributed by atoms with E-state index in [1.165, 1.54) is 11.6 Å². The number of halogens is 1. The van der Waals surface area contributed by atoms with Crippen molar-refractivity contribution >= 4 is 29.0 Å². The molecule has 0 spiro atoms. The Morgan fingerprint density at radius 2 is 1.87 bits per heavy atom. The third-order valence-corrected chi connectivity index (χ3v) is 5.41. The molecular weight excluding hydrogens is 408 g/mol. The summed E-state index contributed by atoms with van der Waals surface area (Å²) in [5.74, 6) is 0.554. The van der Waals surface area contributed by atoms with Crippen LogP contribution in [-0.2, 0) is 13.6 Å². The summed E-state index contributed by atoms with van der Waals surface area (Å²) in [6.45, 7) is 6.96. The van der Waals surface area contributed by atoms with E-state index in [4.69, 9.17) is 17.3 Å². The van der Waals surface area contributed by atoms with E-state index in [1.807, 2.05) is 24.8 Å². The molecule has 0 unspecified atom stereocenters. The predicted molar refractivity (Wildman–Crippen MR) is 117 cm³/mol. The van der Waals surface area contributed by atoms with Crippen LogP contribution in [0.3, 0.4) is 0 Å². The summed E-state index contributed by atoms with van der Waals surface area (Å²) in [6, 6.07) is 3.66. The number of piperazine rings is 1. The topological polar surface area (TPSA) is 106 Å². The highest BCUT2D eigenvalue weighted by Crippen LogP contribution is 2.16. The molecule has 1 fully saturated rings. The van der Waals surface area contributed by atoms with E-state index in [1.54, 1.807) is 12.3 Å². The molecule has 30 heavy (non-hydrogen) atoms. The van der Waals surface area contributed by atoms with E-state index in [0.717, 1.165) is 10.4 Å². The Morgan fingerprint density at radius 3 is 2.43 bits per heavy atom. The number of carbonyl (C=O) groups is 1. The molecule has 2 N–H and O–H groups in total. The van der Waals surface area contributed by atoms with Crippen LogP contribution in [-0.4, -0.2) is 57.5 Å². The van der Waals surface area contributed by atoms with Gasteiger partial charge >= 0.3 is 5.69 Å². The lowest BCUT2D eigenvalue weighted by Crippen LogP contribution is -2.49. The summed E-state index contributed by atoms with van der Waals surface area (Å²) in [4.78, 5) is 46.4. The fourth-order valence-electron chi connectivity index (χ4n) is 3.56. The quantitative estimate of drug-likeness (QED) is 0.671. The Kier molecular flexibility index (Phi) is 6.62. The number of nitrogens with zero attached hydrogens (tertiary/aromatic N) is 5. The summed E-state index contributed by atoms with van der Waals surface area (Å²) in [5, 5.41) is 0.584. The first-order valence-corrected chi connectivity index (χ1v) is 10.3. The highest BCUT2D eigenvalue weighted by Gasteiger charge is 2.25. The van der Waals surface area contributed by atoms with Crippen LogP contribution in [0.15, 0.2) is 27.9 Å². The fraction of sp³-hybridized carbons (Fsp3) is 0.500. The van der Waals surface area contributed by atoms with Gasteiger partial charge in [-0.2, -0.15) is 0 Å². The molecule has 0 aromatic carbocycles. The number of anilines is 2. The molecule has 1 saturated heterocycles. The molecule has 162 valence electrons. The molecule has 9 nitrogen and oxygen atoms in total. The van der Waals surface area contributed by atoms with Crippen molar-refractivity contribution < 1.29 is 4.79 Å². The largest absolute Gasteiger partial charge is 0.384 e. The maximum absolute atomic E-state index is 13.0. The van der Waals surface area contributed by atoms with Crippen LogP contribution in [0.25, 0.3) is 0 Å². The lowest BCUT2D eigenvalue weighted by Gasteiger charge is -2.35. The lowest BCUT2D eigenvalue weighted by atomic mass is 10.1. The first-order valence-electron chi connectivity index (χ1n) is 9.90. The van der Waals surface area contributed by atoms with Gasteiger partial charge in [-0.3, -0.25) is 23.6 Å². The zero-order chi connectivity index (χ0) is 22.0. The second kappa shape index (κ2) is 9.01. The van der Waals surface area contributed by atoms with E-state index in [2.05, 4.69) is 9.88 Å². The molecule has 2 aromatic heterocycles. The Labute approximate surface area is 179 Å². The van der Waals surface area contributed by atoms with Gasteiger partial charge in [-0.25, -0.2) is 9.78 Å². The average Bonchev–Trinajstić information content (AvgIpc) is 2.71. The summed E-state index contributed by atoms with van der Waals surface area (Å²) in [5.41, 5.74) is 4.84. The van der Waals surface area contributed by atoms with Crippen molar-refractivity contribution in [2.75, 3.05) is 43.4 Å². The van der Waals surface area contributed by atoms with Crippen molar-refractivity contribution in [1.29, 1.82) is 0 Å². The van der Waals surface area contributed by atoms with Gasteiger partial charge in [-0.05, 0) is 18.1 Å². The molecule has 0 radical (unpaired) electrons. The van der Waals surface area contributed by atoms with Gasteiger partial charge in [0.2, 0.25) is 0 Å². The van der Waals surface area contributed by atoms with Gasteiger partial charge in [0, 0.05) is 46.0 Å². The van der Waals surface area contributed by atoms with Crippen LogP contribution in [0.2, 0.25) is 5.02 Å². The highest BCUT2D eigenvalue weighted by atomic mass is 35.5. The Balaban J connectivity index is 1.74. The van der Waals surface area contributed by atoms with Crippen molar-refractivity contribution in [3.05, 3.63) is 49.8 Å². The van der Waals surface area contributed by atoms with E-state index >= 15 is 0 Å². The lowest BCUT2D eigenvalue weighted by molar-refractivity contribution is 0.0924. The number of nitrogen functional groups attached to an aromatic ring is 1. The van der Waals surface area contributed by atoms with Gasteiger partial charge in [0.1, 0.15) is 17.2 Å². The van der Waals surface area contributed by atoms with E-state index in [9.17, 15) is 14.4 Å². The van der Waals surface area contributed by atoms with Crippen molar-refractivity contribution in [2.45, 2.75) is 20.4 Å². The number of pyridine rings is 1. The molecule has 0 saturated carbocycles. The standard InChI is InChI=1S/C20H27ClN6O3/c1-13(2)11-27-18(22)17(19(29)24(3)20(27)30)15(28)12-25-6-8-26(9-7-25)16-5-4-14(21)10-23-16/h4-5,10,13H,6-9,11-12,22H2,1-3H3. The molecule has 0 atom stereocenters. The Bertz CT molecular complexity index is 1040. The van der Waals surface area contributed by atoms with E-state index < -0.39 is 11.2 Å². The molecule has 2 aromatic rings.